The highest BCUT2D eigenvalue weighted by Gasteiger charge is 2.19. The molecule has 2 aromatic carbocycles. The highest BCUT2D eigenvalue weighted by molar-refractivity contribution is 5.96. The van der Waals surface area contributed by atoms with Crippen LogP contribution < -0.4 is 10.6 Å². The normalized spacial score (nSPS) is 13.6. The lowest BCUT2D eigenvalue weighted by Gasteiger charge is -2.15. The molecule has 1 aliphatic rings. The van der Waals surface area contributed by atoms with Crippen molar-refractivity contribution in [1.82, 2.24) is 10.2 Å². The molecule has 0 aliphatic carbocycles. The highest BCUT2D eigenvalue weighted by Crippen LogP contribution is 2.15. The summed E-state index contributed by atoms with van der Waals surface area (Å²) in [4.78, 5) is 26.2. The number of likely N-dealkylation sites (tertiary alicyclic amines) is 1. The van der Waals surface area contributed by atoms with Gasteiger partial charge in [0.1, 0.15) is 0 Å². The van der Waals surface area contributed by atoms with Gasteiger partial charge in [-0.25, -0.2) is 0 Å². The zero-order chi connectivity index (χ0) is 18.2. The van der Waals surface area contributed by atoms with Crippen LogP contribution in [0.3, 0.4) is 0 Å². The largest absolute Gasteiger partial charge is 0.339 e. The number of anilines is 1. The highest BCUT2D eigenvalue weighted by atomic mass is 16.2. The summed E-state index contributed by atoms with van der Waals surface area (Å²) < 4.78 is 0. The summed E-state index contributed by atoms with van der Waals surface area (Å²) in [6.45, 7) is 2.69. The Hall–Kier alpha value is -2.66. The number of rotatable bonds is 7. The van der Waals surface area contributed by atoms with Crippen molar-refractivity contribution in [1.29, 1.82) is 0 Å². The Labute approximate surface area is 154 Å². The Bertz CT molecular complexity index is 723. The molecule has 0 bridgehead atoms. The van der Waals surface area contributed by atoms with E-state index < -0.39 is 0 Å². The summed E-state index contributed by atoms with van der Waals surface area (Å²) in [7, 11) is 0. The number of nitrogens with one attached hydrogen (secondary N) is 2. The lowest BCUT2D eigenvalue weighted by Crippen LogP contribution is -2.29. The van der Waals surface area contributed by atoms with Crippen LogP contribution in [0.5, 0.6) is 0 Å². The lowest BCUT2D eigenvalue weighted by molar-refractivity contribution is -0.115. The van der Waals surface area contributed by atoms with Crippen molar-refractivity contribution in [2.24, 2.45) is 0 Å². The van der Waals surface area contributed by atoms with Gasteiger partial charge in [-0.3, -0.25) is 9.59 Å². The number of nitrogens with zero attached hydrogens (tertiary/aromatic N) is 1. The second-order valence-corrected chi connectivity index (χ2v) is 6.54. The van der Waals surface area contributed by atoms with Crippen molar-refractivity contribution in [3.8, 4) is 0 Å². The van der Waals surface area contributed by atoms with Crippen molar-refractivity contribution >= 4 is 17.5 Å². The molecule has 136 valence electrons. The first kappa shape index (κ1) is 18.1. The van der Waals surface area contributed by atoms with Crippen LogP contribution in [0.15, 0.2) is 54.6 Å². The van der Waals surface area contributed by atoms with Crippen LogP contribution in [0.25, 0.3) is 0 Å². The molecule has 0 radical (unpaired) electrons. The van der Waals surface area contributed by atoms with E-state index in [0.717, 1.165) is 38.9 Å². The van der Waals surface area contributed by atoms with Gasteiger partial charge in [-0.05, 0) is 55.6 Å². The van der Waals surface area contributed by atoms with E-state index in [1.54, 1.807) is 24.3 Å². The van der Waals surface area contributed by atoms with Crippen LogP contribution >= 0.6 is 0 Å². The number of carbonyl (C=O) groups excluding carboxylic acids is 2. The molecule has 2 N–H and O–H groups in total. The fourth-order valence-electron chi connectivity index (χ4n) is 3.08. The van der Waals surface area contributed by atoms with E-state index >= 15 is 0 Å². The van der Waals surface area contributed by atoms with Crippen LogP contribution in [-0.4, -0.2) is 42.9 Å². The van der Waals surface area contributed by atoms with E-state index in [-0.39, 0.29) is 18.4 Å². The molecule has 1 fully saturated rings. The molecular formula is C21H25N3O2. The predicted molar refractivity (Wildman–Crippen MR) is 103 cm³/mol. The molecule has 0 aromatic heterocycles. The van der Waals surface area contributed by atoms with Crippen LogP contribution in [0.2, 0.25) is 0 Å². The smallest absolute Gasteiger partial charge is 0.253 e. The second-order valence-electron chi connectivity index (χ2n) is 6.54. The maximum absolute atomic E-state index is 12.3. The van der Waals surface area contributed by atoms with Crippen LogP contribution in [-0.2, 0) is 11.2 Å². The second kappa shape index (κ2) is 9.15. The van der Waals surface area contributed by atoms with Gasteiger partial charge in [-0.15, -0.1) is 0 Å². The first-order valence-corrected chi connectivity index (χ1v) is 9.16. The average molecular weight is 351 g/mol. The monoisotopic (exact) mass is 351 g/mol. The van der Waals surface area contributed by atoms with Gasteiger partial charge >= 0.3 is 0 Å². The first-order chi connectivity index (χ1) is 12.7. The van der Waals surface area contributed by atoms with E-state index in [9.17, 15) is 9.59 Å². The van der Waals surface area contributed by atoms with E-state index in [4.69, 9.17) is 0 Å². The molecular weight excluding hydrogens is 326 g/mol. The minimum atomic E-state index is -0.0864. The summed E-state index contributed by atoms with van der Waals surface area (Å²) in [6, 6.07) is 17.3. The summed E-state index contributed by atoms with van der Waals surface area (Å²) in [6.07, 6.45) is 3.05. The van der Waals surface area contributed by atoms with Crippen LogP contribution in [0, 0.1) is 0 Å². The standard InChI is InChI=1S/C21H25N3O2/c25-20(16-22-13-12-17-6-2-1-3-7-17)23-19-10-8-18(9-11-19)21(26)24-14-4-5-15-24/h1-3,6-11,22H,4-5,12-16H2,(H,23,25). The Morgan fingerprint density at radius 1 is 0.923 bits per heavy atom. The van der Waals surface area contributed by atoms with Crippen molar-refractivity contribution < 1.29 is 9.59 Å². The Morgan fingerprint density at radius 2 is 1.62 bits per heavy atom. The molecule has 2 aromatic rings. The Kier molecular flexibility index (Phi) is 6.39. The minimum Gasteiger partial charge on any atom is -0.339 e. The zero-order valence-corrected chi connectivity index (χ0v) is 14.9. The van der Waals surface area contributed by atoms with E-state index in [1.807, 2.05) is 23.1 Å². The zero-order valence-electron chi connectivity index (χ0n) is 14.9. The van der Waals surface area contributed by atoms with Gasteiger partial charge in [0.05, 0.1) is 6.54 Å². The topological polar surface area (TPSA) is 61.4 Å². The van der Waals surface area contributed by atoms with E-state index in [0.29, 0.717) is 11.3 Å². The summed E-state index contributed by atoms with van der Waals surface area (Å²) in [5.41, 5.74) is 2.63. The number of carbonyl (C=O) groups is 2. The predicted octanol–water partition coefficient (Wildman–Crippen LogP) is 2.69. The van der Waals surface area contributed by atoms with Gasteiger partial charge in [0, 0.05) is 24.3 Å². The maximum Gasteiger partial charge on any atom is 0.253 e. The summed E-state index contributed by atoms with van der Waals surface area (Å²) >= 11 is 0. The molecule has 1 aliphatic heterocycles. The van der Waals surface area contributed by atoms with Gasteiger partial charge in [0.25, 0.3) is 5.91 Å². The number of hydrogen-bond acceptors (Lipinski definition) is 3. The number of benzene rings is 2. The van der Waals surface area contributed by atoms with Crippen molar-refractivity contribution in [2.45, 2.75) is 19.3 Å². The third kappa shape index (κ3) is 5.17. The van der Waals surface area contributed by atoms with Crippen LogP contribution in [0.1, 0.15) is 28.8 Å². The van der Waals surface area contributed by atoms with Crippen molar-refractivity contribution in [2.75, 3.05) is 31.5 Å². The van der Waals surface area contributed by atoms with Gasteiger partial charge < -0.3 is 15.5 Å². The fourth-order valence-corrected chi connectivity index (χ4v) is 3.08. The lowest BCUT2D eigenvalue weighted by atomic mass is 10.1. The molecule has 1 saturated heterocycles. The molecule has 0 unspecified atom stereocenters. The molecule has 1 heterocycles. The van der Waals surface area contributed by atoms with Gasteiger partial charge in [-0.1, -0.05) is 30.3 Å². The van der Waals surface area contributed by atoms with Crippen molar-refractivity contribution in [3.63, 3.8) is 0 Å². The van der Waals surface area contributed by atoms with Crippen molar-refractivity contribution in [3.05, 3.63) is 65.7 Å². The van der Waals surface area contributed by atoms with E-state index in [1.165, 1.54) is 5.56 Å². The molecule has 5 nitrogen and oxygen atoms in total. The fraction of sp³-hybridized carbons (Fsp3) is 0.333. The molecule has 5 heteroatoms. The first-order valence-electron chi connectivity index (χ1n) is 9.16. The van der Waals surface area contributed by atoms with Crippen LogP contribution in [0.4, 0.5) is 5.69 Å². The van der Waals surface area contributed by atoms with Gasteiger partial charge in [-0.2, -0.15) is 0 Å². The number of amides is 2. The molecule has 2 amide bonds. The summed E-state index contributed by atoms with van der Waals surface area (Å²) in [5, 5.41) is 6.00. The molecule has 3 rings (SSSR count). The molecule has 0 atom stereocenters. The Balaban J connectivity index is 1.40. The number of hydrogen-bond donors (Lipinski definition) is 2. The Morgan fingerprint density at radius 3 is 2.31 bits per heavy atom. The van der Waals surface area contributed by atoms with Gasteiger partial charge in [0.2, 0.25) is 5.91 Å². The molecule has 0 spiro atoms. The maximum atomic E-state index is 12.3. The molecule has 0 saturated carbocycles. The SMILES string of the molecule is O=C(CNCCc1ccccc1)Nc1ccc(C(=O)N2CCCC2)cc1. The third-order valence-corrected chi connectivity index (χ3v) is 4.53. The summed E-state index contributed by atoms with van der Waals surface area (Å²) in [5.74, 6) is -0.0142. The van der Waals surface area contributed by atoms with Gasteiger partial charge in [0.15, 0.2) is 0 Å². The minimum absolute atomic E-state index is 0.0722. The molecule has 26 heavy (non-hydrogen) atoms. The van der Waals surface area contributed by atoms with E-state index in [2.05, 4.69) is 22.8 Å². The quantitative estimate of drug-likeness (QED) is 0.754. The average Bonchev–Trinajstić information content (AvgIpc) is 3.21. The third-order valence-electron chi connectivity index (χ3n) is 4.53.